The highest BCUT2D eigenvalue weighted by molar-refractivity contribution is 9.09. The van der Waals surface area contributed by atoms with E-state index in [2.05, 4.69) is 32.2 Å². The molecule has 1 aromatic rings. The number of carbonyl (C=O) groups excluding carboxylic acids is 1. The number of carbonyl (C=O) groups is 1. The molecule has 0 aliphatic carbocycles. The van der Waals surface area contributed by atoms with Crippen LogP contribution < -0.4 is 5.32 Å². The zero-order valence-electron chi connectivity index (χ0n) is 9.66. The maximum Gasteiger partial charge on any atom is 0.230 e. The second kappa shape index (κ2) is 6.66. The van der Waals surface area contributed by atoms with E-state index in [0.717, 1.165) is 6.54 Å². The van der Waals surface area contributed by atoms with Crippen molar-refractivity contribution in [3.05, 3.63) is 35.4 Å². The Morgan fingerprint density at radius 1 is 1.31 bits per heavy atom. The highest BCUT2D eigenvalue weighted by atomic mass is 79.9. The van der Waals surface area contributed by atoms with Gasteiger partial charge in [0.2, 0.25) is 5.91 Å². The van der Waals surface area contributed by atoms with Gasteiger partial charge in [0, 0.05) is 13.1 Å². The summed E-state index contributed by atoms with van der Waals surface area (Å²) in [6.07, 6.45) is 0. The van der Waals surface area contributed by atoms with Crippen molar-refractivity contribution in [1.82, 2.24) is 10.2 Å². The van der Waals surface area contributed by atoms with Gasteiger partial charge in [0.25, 0.3) is 0 Å². The molecule has 3 nitrogen and oxygen atoms in total. The number of nitrogens with one attached hydrogen (secondary N) is 1. The van der Waals surface area contributed by atoms with Crippen molar-refractivity contribution >= 4 is 21.8 Å². The fourth-order valence-electron chi connectivity index (χ4n) is 1.47. The molecule has 88 valence electrons. The van der Waals surface area contributed by atoms with Crippen molar-refractivity contribution in [3.63, 3.8) is 0 Å². The topological polar surface area (TPSA) is 32.3 Å². The zero-order chi connectivity index (χ0) is 12.0. The molecule has 0 saturated carbocycles. The molecular formula is C12H17BrN2O. The maximum atomic E-state index is 11.2. The molecule has 1 amide bonds. The van der Waals surface area contributed by atoms with Crippen molar-refractivity contribution in [2.24, 2.45) is 0 Å². The van der Waals surface area contributed by atoms with E-state index < -0.39 is 0 Å². The van der Waals surface area contributed by atoms with E-state index in [-0.39, 0.29) is 5.91 Å². The van der Waals surface area contributed by atoms with Crippen LogP contribution in [0.3, 0.4) is 0 Å². The fourth-order valence-corrected chi connectivity index (χ4v) is 1.66. The van der Waals surface area contributed by atoms with Crippen LogP contribution in [0.25, 0.3) is 0 Å². The summed E-state index contributed by atoms with van der Waals surface area (Å²) in [5, 5.41) is 3.21. The van der Waals surface area contributed by atoms with Gasteiger partial charge in [-0.3, -0.25) is 4.79 Å². The average Bonchev–Trinajstić information content (AvgIpc) is 2.26. The number of halogens is 1. The molecule has 0 atom stereocenters. The van der Waals surface area contributed by atoms with Gasteiger partial charge in [0.1, 0.15) is 0 Å². The lowest BCUT2D eigenvalue weighted by molar-refractivity contribution is -0.118. The standard InChI is InChI=1S/C12H17BrN2O/c1-15(2)9-11-6-4-3-5-10(11)8-14-12(16)7-13/h3-6H,7-9H2,1-2H3,(H,14,16). The van der Waals surface area contributed by atoms with Crippen LogP contribution in [0.2, 0.25) is 0 Å². The molecular weight excluding hydrogens is 268 g/mol. The van der Waals surface area contributed by atoms with Gasteiger partial charge in [0.05, 0.1) is 5.33 Å². The molecule has 0 heterocycles. The molecule has 4 heteroatoms. The van der Waals surface area contributed by atoms with Gasteiger partial charge in [0.15, 0.2) is 0 Å². The van der Waals surface area contributed by atoms with Crippen molar-refractivity contribution in [1.29, 1.82) is 0 Å². The Balaban J connectivity index is 2.67. The van der Waals surface area contributed by atoms with Crippen LogP contribution in [0.5, 0.6) is 0 Å². The van der Waals surface area contributed by atoms with E-state index >= 15 is 0 Å². The number of amides is 1. The van der Waals surface area contributed by atoms with Gasteiger partial charge in [-0.15, -0.1) is 0 Å². The molecule has 0 radical (unpaired) electrons. The molecule has 0 saturated heterocycles. The van der Waals surface area contributed by atoms with Crippen LogP contribution in [-0.4, -0.2) is 30.2 Å². The Kier molecular flexibility index (Phi) is 5.49. The smallest absolute Gasteiger partial charge is 0.230 e. The van der Waals surface area contributed by atoms with Crippen molar-refractivity contribution < 1.29 is 4.79 Å². The molecule has 1 rings (SSSR count). The number of hydrogen-bond acceptors (Lipinski definition) is 2. The van der Waals surface area contributed by atoms with Crippen LogP contribution >= 0.6 is 15.9 Å². The Morgan fingerprint density at radius 2 is 1.94 bits per heavy atom. The molecule has 0 aliphatic rings. The zero-order valence-corrected chi connectivity index (χ0v) is 11.3. The summed E-state index contributed by atoms with van der Waals surface area (Å²) in [4.78, 5) is 13.3. The van der Waals surface area contributed by atoms with Crippen LogP contribution in [0.4, 0.5) is 0 Å². The third-order valence-corrected chi connectivity index (χ3v) is 2.71. The summed E-state index contributed by atoms with van der Waals surface area (Å²) in [6, 6.07) is 8.16. The monoisotopic (exact) mass is 284 g/mol. The van der Waals surface area contributed by atoms with E-state index in [1.165, 1.54) is 11.1 Å². The molecule has 1 aromatic carbocycles. The number of benzene rings is 1. The van der Waals surface area contributed by atoms with Gasteiger partial charge >= 0.3 is 0 Å². The number of nitrogens with zero attached hydrogens (tertiary/aromatic N) is 1. The minimum atomic E-state index is 0.0136. The van der Waals surface area contributed by atoms with Crippen molar-refractivity contribution in [3.8, 4) is 0 Å². The third kappa shape index (κ3) is 4.33. The normalized spacial score (nSPS) is 10.5. The Morgan fingerprint density at radius 3 is 2.50 bits per heavy atom. The van der Waals surface area contributed by atoms with E-state index in [1.54, 1.807) is 0 Å². The lowest BCUT2D eigenvalue weighted by atomic mass is 10.1. The minimum absolute atomic E-state index is 0.0136. The molecule has 0 fully saturated rings. The predicted molar refractivity (Wildman–Crippen MR) is 69.5 cm³/mol. The van der Waals surface area contributed by atoms with Crippen LogP contribution in [0.1, 0.15) is 11.1 Å². The molecule has 16 heavy (non-hydrogen) atoms. The van der Waals surface area contributed by atoms with Gasteiger partial charge in [-0.2, -0.15) is 0 Å². The summed E-state index contributed by atoms with van der Waals surface area (Å²) < 4.78 is 0. The van der Waals surface area contributed by atoms with E-state index in [1.807, 2.05) is 32.3 Å². The number of alkyl halides is 1. The Hall–Kier alpha value is -0.870. The largest absolute Gasteiger partial charge is 0.351 e. The third-order valence-electron chi connectivity index (χ3n) is 2.20. The van der Waals surface area contributed by atoms with Gasteiger partial charge < -0.3 is 10.2 Å². The van der Waals surface area contributed by atoms with Crippen LogP contribution in [0.15, 0.2) is 24.3 Å². The second-order valence-electron chi connectivity index (χ2n) is 3.92. The van der Waals surface area contributed by atoms with E-state index in [4.69, 9.17) is 0 Å². The molecule has 0 unspecified atom stereocenters. The Bertz CT molecular complexity index is 353. The predicted octanol–water partition coefficient (Wildman–Crippen LogP) is 1.76. The molecule has 0 aromatic heterocycles. The summed E-state index contributed by atoms with van der Waals surface area (Å²) in [5.41, 5.74) is 2.42. The first-order valence-corrected chi connectivity index (χ1v) is 6.30. The Labute approximate surface area is 105 Å². The maximum absolute atomic E-state index is 11.2. The average molecular weight is 285 g/mol. The molecule has 0 bridgehead atoms. The van der Waals surface area contributed by atoms with Crippen LogP contribution in [-0.2, 0) is 17.9 Å². The molecule has 0 aliphatic heterocycles. The lowest BCUT2D eigenvalue weighted by Gasteiger charge is -2.14. The van der Waals surface area contributed by atoms with Crippen LogP contribution in [0, 0.1) is 0 Å². The summed E-state index contributed by atoms with van der Waals surface area (Å²) in [5.74, 6) is 0.0136. The summed E-state index contributed by atoms with van der Waals surface area (Å²) in [6.45, 7) is 1.48. The van der Waals surface area contributed by atoms with E-state index in [9.17, 15) is 4.79 Å². The first-order chi connectivity index (χ1) is 7.63. The first kappa shape index (κ1) is 13.2. The molecule has 1 N–H and O–H groups in total. The van der Waals surface area contributed by atoms with E-state index in [0.29, 0.717) is 11.9 Å². The molecule has 0 spiro atoms. The van der Waals surface area contributed by atoms with Gasteiger partial charge in [-0.25, -0.2) is 0 Å². The first-order valence-electron chi connectivity index (χ1n) is 5.17. The number of rotatable bonds is 5. The second-order valence-corrected chi connectivity index (χ2v) is 4.48. The quantitative estimate of drug-likeness (QED) is 0.836. The highest BCUT2D eigenvalue weighted by Crippen LogP contribution is 2.10. The van der Waals surface area contributed by atoms with Gasteiger partial charge in [-0.1, -0.05) is 40.2 Å². The van der Waals surface area contributed by atoms with Crippen molar-refractivity contribution in [2.45, 2.75) is 13.1 Å². The number of hydrogen-bond donors (Lipinski definition) is 1. The summed E-state index contributed by atoms with van der Waals surface area (Å²) >= 11 is 3.13. The van der Waals surface area contributed by atoms with Crippen molar-refractivity contribution in [2.75, 3.05) is 19.4 Å². The SMILES string of the molecule is CN(C)Cc1ccccc1CNC(=O)CBr. The minimum Gasteiger partial charge on any atom is -0.351 e. The fraction of sp³-hybridized carbons (Fsp3) is 0.417. The highest BCUT2D eigenvalue weighted by Gasteiger charge is 2.04. The lowest BCUT2D eigenvalue weighted by Crippen LogP contribution is -2.24. The van der Waals surface area contributed by atoms with Gasteiger partial charge in [-0.05, 0) is 25.2 Å². The summed E-state index contributed by atoms with van der Waals surface area (Å²) in [7, 11) is 4.07.